The molecule has 0 saturated carbocycles. The number of aromatic nitrogens is 1. The van der Waals surface area contributed by atoms with Gasteiger partial charge < -0.3 is 10.1 Å². The lowest BCUT2D eigenvalue weighted by Crippen LogP contribution is -2.02. The third-order valence-corrected chi connectivity index (χ3v) is 3.87. The van der Waals surface area contributed by atoms with Crippen LogP contribution in [-0.4, -0.2) is 18.6 Å². The molecule has 1 heterocycles. The molecule has 0 radical (unpaired) electrons. The first-order valence-electron chi connectivity index (χ1n) is 5.67. The minimum Gasteiger partial charge on any atom is -0.385 e. The smallest absolute Gasteiger partial charge is 0.0885 e. The van der Waals surface area contributed by atoms with E-state index in [0.29, 0.717) is 6.61 Å². The molecule has 0 aliphatic carbocycles. The molecule has 1 N–H and O–H groups in total. The average Bonchev–Trinajstić information content (AvgIpc) is 2.34. The molecule has 0 atom stereocenters. The van der Waals surface area contributed by atoms with E-state index in [9.17, 15) is 0 Å². The zero-order chi connectivity index (χ0) is 13.1. The minimum atomic E-state index is 0.507. The number of halogens is 2. The van der Waals surface area contributed by atoms with Crippen molar-refractivity contribution in [1.29, 1.82) is 0 Å². The van der Waals surface area contributed by atoms with Gasteiger partial charge in [0.05, 0.1) is 17.8 Å². The van der Waals surface area contributed by atoms with Gasteiger partial charge in [0.1, 0.15) is 0 Å². The number of nitrogens with one attached hydrogen (secondary N) is 1. The third-order valence-electron chi connectivity index (χ3n) is 2.57. The van der Waals surface area contributed by atoms with Crippen LogP contribution in [0.3, 0.4) is 0 Å². The summed E-state index contributed by atoms with van der Waals surface area (Å²) >= 11 is 7.13. The van der Waals surface area contributed by atoms with Crippen molar-refractivity contribution in [3.05, 3.63) is 32.8 Å². The van der Waals surface area contributed by atoms with E-state index in [0.717, 1.165) is 37.8 Å². The topological polar surface area (TPSA) is 34.1 Å². The minimum absolute atomic E-state index is 0.507. The van der Waals surface area contributed by atoms with Gasteiger partial charge in [-0.2, -0.15) is 0 Å². The van der Waals surface area contributed by atoms with Crippen LogP contribution in [0, 0.1) is 0 Å². The second kappa shape index (κ2) is 5.99. The molecule has 1 aromatic carbocycles. The van der Waals surface area contributed by atoms with Crippen molar-refractivity contribution in [3.8, 4) is 0 Å². The Bertz CT molecular complexity index is 572. The Morgan fingerprint density at radius 2 is 2.00 bits per heavy atom. The predicted octanol–water partition coefficient (Wildman–Crippen LogP) is 4.34. The van der Waals surface area contributed by atoms with E-state index in [1.165, 1.54) is 0 Å². The highest BCUT2D eigenvalue weighted by Gasteiger charge is 2.11. The lowest BCUT2D eigenvalue weighted by molar-refractivity contribution is 0.182. The van der Waals surface area contributed by atoms with Crippen LogP contribution in [0.25, 0.3) is 10.9 Å². The first-order valence-corrected chi connectivity index (χ1v) is 7.26. The Kier molecular flexibility index (Phi) is 4.59. The number of pyridine rings is 1. The number of ether oxygens (including phenoxy) is 1. The van der Waals surface area contributed by atoms with Gasteiger partial charge in [-0.1, -0.05) is 15.9 Å². The lowest BCUT2D eigenvalue weighted by atomic mass is 10.1. The molecule has 0 bridgehead atoms. The number of hydrogen-bond acceptors (Lipinski definition) is 3. The molecular formula is C13H14Br2N2O. The van der Waals surface area contributed by atoms with E-state index in [1.54, 1.807) is 7.11 Å². The van der Waals surface area contributed by atoms with Gasteiger partial charge in [-0.05, 0) is 41.1 Å². The molecular weight excluding hydrogens is 360 g/mol. The summed E-state index contributed by atoms with van der Waals surface area (Å²) in [5, 5.41) is 4.46. The molecule has 0 aliphatic heterocycles. The maximum Gasteiger partial charge on any atom is 0.0885 e. The van der Waals surface area contributed by atoms with Crippen molar-refractivity contribution in [3.63, 3.8) is 0 Å². The quantitative estimate of drug-likeness (QED) is 0.865. The number of hydrogen-bond donors (Lipinski definition) is 1. The zero-order valence-corrected chi connectivity index (χ0v) is 13.4. The standard InChI is InChI=1S/C13H14Br2N2O/c1-3-16-11-6-8(7-18-2)17-13-10(15)5-4-9(14)12(11)13/h4-6H,3,7H2,1-2H3,(H,16,17). The summed E-state index contributed by atoms with van der Waals surface area (Å²) in [5.41, 5.74) is 2.93. The molecule has 0 amide bonds. The Hall–Kier alpha value is -0.650. The molecule has 18 heavy (non-hydrogen) atoms. The van der Waals surface area contributed by atoms with E-state index in [1.807, 2.05) is 18.2 Å². The SMILES string of the molecule is CCNc1cc(COC)nc2c(Br)ccc(Br)c12. The first-order chi connectivity index (χ1) is 8.67. The van der Waals surface area contributed by atoms with Gasteiger partial charge in [-0.15, -0.1) is 0 Å². The summed E-state index contributed by atoms with van der Waals surface area (Å²) in [7, 11) is 1.68. The van der Waals surface area contributed by atoms with Gasteiger partial charge in [0.25, 0.3) is 0 Å². The van der Waals surface area contributed by atoms with Gasteiger partial charge in [0.15, 0.2) is 0 Å². The molecule has 1 aromatic heterocycles. The van der Waals surface area contributed by atoms with Gasteiger partial charge in [-0.25, -0.2) is 4.98 Å². The Labute approximate surface area is 123 Å². The molecule has 0 fully saturated rings. The normalized spacial score (nSPS) is 10.9. The van der Waals surface area contributed by atoms with Crippen molar-refractivity contribution in [1.82, 2.24) is 4.98 Å². The molecule has 2 rings (SSSR count). The molecule has 2 aromatic rings. The first kappa shape index (κ1) is 13.8. The summed E-state index contributed by atoms with van der Waals surface area (Å²) in [5.74, 6) is 0. The van der Waals surface area contributed by atoms with Crippen LogP contribution in [0.5, 0.6) is 0 Å². The maximum atomic E-state index is 5.16. The van der Waals surface area contributed by atoms with Crippen LogP contribution in [0.2, 0.25) is 0 Å². The fourth-order valence-corrected chi connectivity index (χ4v) is 2.83. The Balaban J connectivity index is 2.72. The average molecular weight is 374 g/mol. The van der Waals surface area contributed by atoms with Gasteiger partial charge in [-0.3, -0.25) is 0 Å². The summed E-state index contributed by atoms with van der Waals surface area (Å²) in [6, 6.07) is 6.04. The Morgan fingerprint density at radius 1 is 1.28 bits per heavy atom. The van der Waals surface area contributed by atoms with Crippen LogP contribution in [0.4, 0.5) is 5.69 Å². The summed E-state index contributed by atoms with van der Waals surface area (Å²) in [6.07, 6.45) is 0. The number of benzene rings is 1. The molecule has 0 aliphatic rings. The highest BCUT2D eigenvalue weighted by molar-refractivity contribution is 9.11. The summed E-state index contributed by atoms with van der Waals surface area (Å²) in [4.78, 5) is 4.63. The fraction of sp³-hybridized carbons (Fsp3) is 0.308. The van der Waals surface area contributed by atoms with Crippen LogP contribution in [0.1, 0.15) is 12.6 Å². The van der Waals surface area contributed by atoms with Crippen molar-refractivity contribution in [2.75, 3.05) is 19.0 Å². The lowest BCUT2D eigenvalue weighted by Gasteiger charge is -2.12. The van der Waals surface area contributed by atoms with E-state index in [-0.39, 0.29) is 0 Å². The monoisotopic (exact) mass is 372 g/mol. The van der Waals surface area contributed by atoms with E-state index in [2.05, 4.69) is 49.1 Å². The number of fused-ring (bicyclic) bond motifs is 1. The molecule has 96 valence electrons. The molecule has 0 unspecified atom stereocenters. The van der Waals surface area contributed by atoms with Crippen LogP contribution in [-0.2, 0) is 11.3 Å². The van der Waals surface area contributed by atoms with Crippen molar-refractivity contribution in [2.24, 2.45) is 0 Å². The number of rotatable bonds is 4. The maximum absolute atomic E-state index is 5.16. The van der Waals surface area contributed by atoms with E-state index in [4.69, 9.17) is 4.74 Å². The van der Waals surface area contributed by atoms with Crippen molar-refractivity contribution >= 4 is 48.5 Å². The molecule has 0 saturated heterocycles. The summed E-state index contributed by atoms with van der Waals surface area (Å²) < 4.78 is 7.18. The van der Waals surface area contributed by atoms with E-state index < -0.39 is 0 Å². The molecule has 5 heteroatoms. The third kappa shape index (κ3) is 2.68. The van der Waals surface area contributed by atoms with Crippen molar-refractivity contribution < 1.29 is 4.74 Å². The second-order valence-electron chi connectivity index (χ2n) is 3.88. The van der Waals surface area contributed by atoms with Gasteiger partial charge in [0, 0.05) is 33.7 Å². The fourth-order valence-electron chi connectivity index (χ4n) is 1.87. The largest absolute Gasteiger partial charge is 0.385 e. The number of anilines is 1. The zero-order valence-electron chi connectivity index (χ0n) is 10.3. The highest BCUT2D eigenvalue weighted by atomic mass is 79.9. The highest BCUT2D eigenvalue weighted by Crippen LogP contribution is 2.34. The van der Waals surface area contributed by atoms with Gasteiger partial charge >= 0.3 is 0 Å². The molecule has 3 nitrogen and oxygen atoms in total. The number of nitrogens with zero attached hydrogens (tertiary/aromatic N) is 1. The van der Waals surface area contributed by atoms with Crippen LogP contribution >= 0.6 is 31.9 Å². The number of methoxy groups -OCH3 is 1. The van der Waals surface area contributed by atoms with Crippen LogP contribution in [0.15, 0.2) is 27.1 Å². The Morgan fingerprint density at radius 3 is 2.67 bits per heavy atom. The van der Waals surface area contributed by atoms with Crippen molar-refractivity contribution in [2.45, 2.75) is 13.5 Å². The predicted molar refractivity (Wildman–Crippen MR) is 82.0 cm³/mol. The van der Waals surface area contributed by atoms with Crippen LogP contribution < -0.4 is 5.32 Å². The summed E-state index contributed by atoms with van der Waals surface area (Å²) in [6.45, 7) is 3.45. The van der Waals surface area contributed by atoms with Gasteiger partial charge in [0.2, 0.25) is 0 Å². The molecule has 0 spiro atoms. The second-order valence-corrected chi connectivity index (χ2v) is 5.59. The van der Waals surface area contributed by atoms with E-state index >= 15 is 0 Å².